The van der Waals surface area contributed by atoms with Crippen LogP contribution in [0.25, 0.3) is 0 Å². The molecular weight excluding hydrogens is 232 g/mol. The molecule has 2 nitrogen and oxygen atoms in total. The van der Waals surface area contributed by atoms with Crippen LogP contribution in [-0.2, 0) is 6.42 Å². The van der Waals surface area contributed by atoms with Crippen LogP contribution < -0.4 is 5.73 Å². The molecule has 1 aliphatic rings. The Morgan fingerprint density at radius 3 is 2.58 bits per heavy atom. The molecule has 108 valence electrons. The van der Waals surface area contributed by atoms with E-state index in [0.29, 0.717) is 17.4 Å². The summed E-state index contributed by atoms with van der Waals surface area (Å²) < 4.78 is 2.58. The SMILES string of the molecule is CCC(C(C)C)n1c(C)cc2c1CC(C)(C)CC2N. The molecule has 2 unspecified atom stereocenters. The van der Waals surface area contributed by atoms with Crippen molar-refractivity contribution in [2.75, 3.05) is 0 Å². The average molecular weight is 262 g/mol. The monoisotopic (exact) mass is 262 g/mol. The van der Waals surface area contributed by atoms with Crippen molar-refractivity contribution in [1.29, 1.82) is 0 Å². The number of hydrogen-bond acceptors (Lipinski definition) is 1. The molecule has 2 atom stereocenters. The number of aryl methyl sites for hydroxylation is 1. The summed E-state index contributed by atoms with van der Waals surface area (Å²) in [6.45, 7) is 13.9. The first-order valence-electron chi connectivity index (χ1n) is 7.73. The minimum atomic E-state index is 0.211. The second-order valence-corrected chi connectivity index (χ2v) is 7.43. The highest BCUT2D eigenvalue weighted by Gasteiger charge is 2.34. The van der Waals surface area contributed by atoms with E-state index in [9.17, 15) is 0 Å². The molecule has 1 aromatic heterocycles. The maximum absolute atomic E-state index is 6.41. The third-order valence-corrected chi connectivity index (χ3v) is 4.71. The summed E-state index contributed by atoms with van der Waals surface area (Å²) in [6.07, 6.45) is 3.45. The number of nitrogens with zero attached hydrogens (tertiary/aromatic N) is 1. The molecule has 2 rings (SSSR count). The van der Waals surface area contributed by atoms with Crippen LogP contribution in [0.1, 0.15) is 76.5 Å². The summed E-state index contributed by atoms with van der Waals surface area (Å²) >= 11 is 0. The van der Waals surface area contributed by atoms with Gasteiger partial charge in [-0.25, -0.2) is 0 Å². The lowest BCUT2D eigenvalue weighted by Gasteiger charge is -2.36. The Morgan fingerprint density at radius 1 is 1.42 bits per heavy atom. The lowest BCUT2D eigenvalue weighted by molar-refractivity contribution is 0.262. The van der Waals surface area contributed by atoms with Crippen LogP contribution in [0.15, 0.2) is 6.07 Å². The fraction of sp³-hybridized carbons (Fsp3) is 0.765. The van der Waals surface area contributed by atoms with Crippen LogP contribution in [0.3, 0.4) is 0 Å². The molecule has 0 aliphatic heterocycles. The summed E-state index contributed by atoms with van der Waals surface area (Å²) in [5, 5.41) is 0. The lowest BCUT2D eigenvalue weighted by Crippen LogP contribution is -2.31. The molecule has 0 saturated heterocycles. The van der Waals surface area contributed by atoms with Gasteiger partial charge in [0.15, 0.2) is 0 Å². The van der Waals surface area contributed by atoms with Crippen LogP contribution in [0.5, 0.6) is 0 Å². The zero-order valence-electron chi connectivity index (χ0n) is 13.5. The fourth-order valence-electron chi connectivity index (χ4n) is 3.88. The van der Waals surface area contributed by atoms with Crippen LogP contribution in [0.2, 0.25) is 0 Å². The van der Waals surface area contributed by atoms with Crippen molar-refractivity contribution in [2.45, 2.75) is 72.9 Å². The first-order valence-corrected chi connectivity index (χ1v) is 7.73. The van der Waals surface area contributed by atoms with Crippen LogP contribution in [0, 0.1) is 18.3 Å². The number of aromatic nitrogens is 1. The molecule has 0 amide bonds. The quantitative estimate of drug-likeness (QED) is 0.861. The topological polar surface area (TPSA) is 30.9 Å². The molecule has 0 aromatic carbocycles. The summed E-state index contributed by atoms with van der Waals surface area (Å²) in [6, 6.07) is 3.15. The van der Waals surface area contributed by atoms with E-state index in [4.69, 9.17) is 5.73 Å². The minimum Gasteiger partial charge on any atom is -0.345 e. The van der Waals surface area contributed by atoms with Gasteiger partial charge in [-0.15, -0.1) is 0 Å². The molecular formula is C17H30N2. The molecule has 2 N–H and O–H groups in total. The Kier molecular flexibility index (Phi) is 3.83. The molecule has 0 fully saturated rings. The van der Waals surface area contributed by atoms with Gasteiger partial charge in [0.1, 0.15) is 0 Å². The number of fused-ring (bicyclic) bond motifs is 1. The Bertz CT molecular complexity index is 454. The minimum absolute atomic E-state index is 0.211. The van der Waals surface area contributed by atoms with Crippen molar-refractivity contribution in [1.82, 2.24) is 4.57 Å². The van der Waals surface area contributed by atoms with E-state index in [1.54, 1.807) is 0 Å². The summed E-state index contributed by atoms with van der Waals surface area (Å²) in [5.41, 5.74) is 11.0. The molecule has 0 bridgehead atoms. The molecule has 1 aliphatic carbocycles. The summed E-state index contributed by atoms with van der Waals surface area (Å²) in [5.74, 6) is 0.668. The van der Waals surface area contributed by atoms with E-state index in [-0.39, 0.29) is 6.04 Å². The van der Waals surface area contributed by atoms with Gasteiger partial charge in [-0.2, -0.15) is 0 Å². The van der Waals surface area contributed by atoms with E-state index in [1.807, 2.05) is 0 Å². The summed E-state index contributed by atoms with van der Waals surface area (Å²) in [4.78, 5) is 0. The number of hydrogen-bond donors (Lipinski definition) is 1. The molecule has 2 heteroatoms. The maximum Gasteiger partial charge on any atom is 0.0356 e. The molecule has 19 heavy (non-hydrogen) atoms. The van der Waals surface area contributed by atoms with E-state index >= 15 is 0 Å². The third-order valence-electron chi connectivity index (χ3n) is 4.71. The van der Waals surface area contributed by atoms with Gasteiger partial charge in [0.05, 0.1) is 0 Å². The second-order valence-electron chi connectivity index (χ2n) is 7.43. The van der Waals surface area contributed by atoms with Crippen molar-refractivity contribution < 1.29 is 0 Å². The molecule has 0 radical (unpaired) electrons. The van der Waals surface area contributed by atoms with Gasteiger partial charge < -0.3 is 10.3 Å². The predicted molar refractivity (Wildman–Crippen MR) is 82.4 cm³/mol. The van der Waals surface area contributed by atoms with Crippen molar-refractivity contribution in [3.05, 3.63) is 23.0 Å². The average Bonchev–Trinajstić information content (AvgIpc) is 2.56. The molecule has 0 saturated carbocycles. The first kappa shape index (κ1) is 14.6. The number of nitrogens with two attached hydrogens (primary N) is 1. The van der Waals surface area contributed by atoms with E-state index < -0.39 is 0 Å². The zero-order chi connectivity index (χ0) is 14.4. The Labute approximate surface area is 118 Å². The van der Waals surface area contributed by atoms with Gasteiger partial charge in [-0.3, -0.25) is 0 Å². The normalized spacial score (nSPS) is 23.5. The van der Waals surface area contributed by atoms with Crippen molar-refractivity contribution >= 4 is 0 Å². The largest absolute Gasteiger partial charge is 0.345 e. The van der Waals surface area contributed by atoms with E-state index in [2.05, 4.69) is 52.2 Å². The van der Waals surface area contributed by atoms with Gasteiger partial charge >= 0.3 is 0 Å². The van der Waals surface area contributed by atoms with E-state index in [1.165, 1.54) is 23.4 Å². The van der Waals surface area contributed by atoms with Gasteiger partial charge in [0.25, 0.3) is 0 Å². The summed E-state index contributed by atoms with van der Waals surface area (Å²) in [7, 11) is 0. The predicted octanol–water partition coefficient (Wildman–Crippen LogP) is 4.38. The lowest BCUT2D eigenvalue weighted by atomic mass is 9.74. The van der Waals surface area contributed by atoms with Crippen LogP contribution >= 0.6 is 0 Å². The Morgan fingerprint density at radius 2 is 2.05 bits per heavy atom. The van der Waals surface area contributed by atoms with Gasteiger partial charge in [0, 0.05) is 23.5 Å². The van der Waals surface area contributed by atoms with Crippen molar-refractivity contribution in [2.24, 2.45) is 17.1 Å². The molecule has 1 heterocycles. The number of rotatable bonds is 3. The van der Waals surface area contributed by atoms with Gasteiger partial charge in [-0.1, -0.05) is 34.6 Å². The Balaban J connectivity index is 2.52. The zero-order valence-corrected chi connectivity index (χ0v) is 13.5. The van der Waals surface area contributed by atoms with Gasteiger partial charge in [0.2, 0.25) is 0 Å². The highest BCUT2D eigenvalue weighted by molar-refractivity contribution is 5.34. The highest BCUT2D eigenvalue weighted by Crippen LogP contribution is 2.42. The molecule has 0 spiro atoms. The maximum atomic E-state index is 6.41. The third kappa shape index (κ3) is 2.60. The fourth-order valence-corrected chi connectivity index (χ4v) is 3.88. The van der Waals surface area contributed by atoms with Crippen molar-refractivity contribution in [3.8, 4) is 0 Å². The van der Waals surface area contributed by atoms with Crippen LogP contribution in [-0.4, -0.2) is 4.57 Å². The van der Waals surface area contributed by atoms with Crippen LogP contribution in [0.4, 0.5) is 0 Å². The standard InChI is InChI=1S/C17H30N2/c1-7-15(11(2)3)19-12(4)8-13-14(18)9-17(5,6)10-16(13)19/h8,11,14-15H,7,9-10,18H2,1-6H3. The van der Waals surface area contributed by atoms with Crippen molar-refractivity contribution in [3.63, 3.8) is 0 Å². The Hall–Kier alpha value is -0.760. The second kappa shape index (κ2) is 4.97. The van der Waals surface area contributed by atoms with Gasteiger partial charge in [-0.05, 0) is 49.1 Å². The first-order chi connectivity index (χ1) is 8.76. The smallest absolute Gasteiger partial charge is 0.0356 e. The van der Waals surface area contributed by atoms with E-state index in [0.717, 1.165) is 12.8 Å². The highest BCUT2D eigenvalue weighted by atomic mass is 15.0. The molecule has 1 aromatic rings.